The summed E-state index contributed by atoms with van der Waals surface area (Å²) in [6.45, 7) is 2.38. The highest BCUT2D eigenvalue weighted by atomic mass is 79.9. The van der Waals surface area contributed by atoms with Crippen molar-refractivity contribution in [2.24, 2.45) is 11.8 Å². The quantitative estimate of drug-likeness (QED) is 0.744. The van der Waals surface area contributed by atoms with Gasteiger partial charge in [0.05, 0.1) is 0 Å². The van der Waals surface area contributed by atoms with Crippen LogP contribution in [0.5, 0.6) is 0 Å². The Balaban J connectivity index is 1.72. The van der Waals surface area contributed by atoms with E-state index in [-0.39, 0.29) is 0 Å². The molecule has 0 aromatic carbocycles. The minimum absolute atomic E-state index is 0.744. The molecule has 1 aromatic heterocycles. The maximum atomic E-state index is 4.30. The van der Waals surface area contributed by atoms with Crippen LogP contribution < -0.4 is 4.90 Å². The van der Waals surface area contributed by atoms with Gasteiger partial charge in [0.2, 0.25) is 5.13 Å². The van der Waals surface area contributed by atoms with Crippen molar-refractivity contribution >= 4 is 32.6 Å². The van der Waals surface area contributed by atoms with Gasteiger partial charge in [-0.15, -0.1) is 0 Å². The van der Waals surface area contributed by atoms with E-state index in [4.69, 9.17) is 0 Å². The molecule has 0 amide bonds. The van der Waals surface area contributed by atoms with Crippen molar-refractivity contribution in [2.75, 3.05) is 18.0 Å². The van der Waals surface area contributed by atoms with Crippen LogP contribution in [0.3, 0.4) is 0 Å². The molecule has 3 atom stereocenters. The molecule has 15 heavy (non-hydrogen) atoms. The van der Waals surface area contributed by atoms with E-state index in [9.17, 15) is 0 Å². The SMILES string of the molecule is BrC1CCC2CN(c3ncns3)CC2C1. The zero-order chi connectivity index (χ0) is 10.3. The van der Waals surface area contributed by atoms with Crippen LogP contribution in [0.15, 0.2) is 6.33 Å². The van der Waals surface area contributed by atoms with Crippen LogP contribution in [0.4, 0.5) is 5.13 Å². The molecule has 0 radical (unpaired) electrons. The zero-order valence-electron chi connectivity index (χ0n) is 8.47. The summed E-state index contributed by atoms with van der Waals surface area (Å²) >= 11 is 5.27. The van der Waals surface area contributed by atoms with E-state index in [1.165, 1.54) is 43.9 Å². The molecule has 0 spiro atoms. The second-order valence-corrected chi connectivity index (χ2v) is 6.61. The van der Waals surface area contributed by atoms with E-state index in [0.29, 0.717) is 0 Å². The summed E-state index contributed by atoms with van der Waals surface area (Å²) < 4.78 is 4.08. The number of halogens is 1. The largest absolute Gasteiger partial charge is 0.346 e. The molecular weight excluding hydrogens is 274 g/mol. The molecule has 1 saturated heterocycles. The first kappa shape index (κ1) is 10.0. The van der Waals surface area contributed by atoms with Crippen molar-refractivity contribution in [3.63, 3.8) is 0 Å². The lowest BCUT2D eigenvalue weighted by atomic mass is 9.82. The van der Waals surface area contributed by atoms with E-state index in [1.807, 2.05) is 0 Å². The Morgan fingerprint density at radius 1 is 1.33 bits per heavy atom. The molecule has 0 bridgehead atoms. The maximum absolute atomic E-state index is 4.30. The average molecular weight is 288 g/mol. The topological polar surface area (TPSA) is 29.0 Å². The lowest BCUT2D eigenvalue weighted by Gasteiger charge is -2.27. The molecule has 1 aliphatic heterocycles. The van der Waals surface area contributed by atoms with Gasteiger partial charge in [0, 0.05) is 29.4 Å². The van der Waals surface area contributed by atoms with Gasteiger partial charge < -0.3 is 4.90 Å². The summed E-state index contributed by atoms with van der Waals surface area (Å²) in [5.41, 5.74) is 0. The van der Waals surface area contributed by atoms with Crippen molar-refractivity contribution in [3.05, 3.63) is 6.33 Å². The summed E-state index contributed by atoms with van der Waals surface area (Å²) in [6.07, 6.45) is 5.70. The van der Waals surface area contributed by atoms with Crippen LogP contribution in [0, 0.1) is 11.8 Å². The number of rotatable bonds is 1. The fourth-order valence-electron chi connectivity index (χ4n) is 2.84. The van der Waals surface area contributed by atoms with E-state index < -0.39 is 0 Å². The number of hydrogen-bond donors (Lipinski definition) is 0. The molecule has 3 nitrogen and oxygen atoms in total. The molecule has 3 rings (SSSR count). The molecule has 2 heterocycles. The van der Waals surface area contributed by atoms with Gasteiger partial charge in [-0.3, -0.25) is 0 Å². The minimum Gasteiger partial charge on any atom is -0.346 e. The third-order valence-electron chi connectivity index (χ3n) is 3.61. The highest BCUT2D eigenvalue weighted by molar-refractivity contribution is 9.09. The standard InChI is InChI=1S/C10H14BrN3S/c11-9-2-1-7-4-14(5-8(7)3-9)10-12-6-13-15-10/h6-9H,1-5H2. The van der Waals surface area contributed by atoms with Crippen LogP contribution in [0.1, 0.15) is 19.3 Å². The molecule has 5 heteroatoms. The van der Waals surface area contributed by atoms with E-state index >= 15 is 0 Å². The fraction of sp³-hybridized carbons (Fsp3) is 0.800. The van der Waals surface area contributed by atoms with Crippen molar-refractivity contribution in [1.82, 2.24) is 9.36 Å². The highest BCUT2D eigenvalue weighted by Crippen LogP contribution is 2.40. The van der Waals surface area contributed by atoms with E-state index in [0.717, 1.165) is 21.8 Å². The first-order valence-corrected chi connectivity index (χ1v) is 7.17. The molecule has 2 fully saturated rings. The Morgan fingerprint density at radius 2 is 2.20 bits per heavy atom. The van der Waals surface area contributed by atoms with Crippen molar-refractivity contribution in [3.8, 4) is 0 Å². The summed E-state index contributed by atoms with van der Waals surface area (Å²) in [5.74, 6) is 1.76. The predicted molar refractivity (Wildman–Crippen MR) is 65.7 cm³/mol. The van der Waals surface area contributed by atoms with Crippen molar-refractivity contribution in [1.29, 1.82) is 0 Å². The third kappa shape index (κ3) is 1.91. The molecular formula is C10H14BrN3S. The van der Waals surface area contributed by atoms with Gasteiger partial charge >= 0.3 is 0 Å². The molecule has 1 saturated carbocycles. The smallest absolute Gasteiger partial charge is 0.204 e. The van der Waals surface area contributed by atoms with Crippen LogP contribution in [0.2, 0.25) is 0 Å². The number of alkyl halides is 1. The number of hydrogen-bond acceptors (Lipinski definition) is 4. The summed E-state index contributed by atoms with van der Waals surface area (Å²) in [6, 6.07) is 0. The van der Waals surface area contributed by atoms with Crippen LogP contribution in [-0.4, -0.2) is 27.3 Å². The van der Waals surface area contributed by atoms with E-state index in [2.05, 4.69) is 30.2 Å². The Bertz CT molecular complexity index is 329. The predicted octanol–water partition coefficient (Wildman–Crippen LogP) is 2.54. The van der Waals surface area contributed by atoms with Gasteiger partial charge in [0.1, 0.15) is 6.33 Å². The minimum atomic E-state index is 0.744. The first-order valence-electron chi connectivity index (χ1n) is 5.48. The van der Waals surface area contributed by atoms with Gasteiger partial charge in [-0.2, -0.15) is 4.37 Å². The Kier molecular flexibility index (Phi) is 2.68. The molecule has 1 aliphatic carbocycles. The number of nitrogens with zero attached hydrogens (tertiary/aromatic N) is 3. The zero-order valence-corrected chi connectivity index (χ0v) is 10.9. The fourth-order valence-corrected chi connectivity index (χ4v) is 4.13. The van der Waals surface area contributed by atoms with Crippen molar-refractivity contribution < 1.29 is 0 Å². The molecule has 1 aromatic rings. The molecule has 0 N–H and O–H groups in total. The summed E-state index contributed by atoms with van der Waals surface area (Å²) in [5, 5.41) is 1.11. The molecule has 2 aliphatic rings. The Morgan fingerprint density at radius 3 is 3.00 bits per heavy atom. The molecule has 82 valence electrons. The van der Waals surface area contributed by atoms with Crippen LogP contribution >= 0.6 is 27.5 Å². The van der Waals surface area contributed by atoms with Crippen molar-refractivity contribution in [2.45, 2.75) is 24.1 Å². The lowest BCUT2D eigenvalue weighted by Crippen LogP contribution is -2.23. The lowest BCUT2D eigenvalue weighted by molar-refractivity contribution is 0.309. The van der Waals surface area contributed by atoms with Gasteiger partial charge in [0.25, 0.3) is 0 Å². The monoisotopic (exact) mass is 287 g/mol. The Hall–Kier alpha value is -0.160. The second kappa shape index (κ2) is 4.01. The third-order valence-corrected chi connectivity index (χ3v) is 5.16. The molecule has 3 unspecified atom stereocenters. The van der Waals surface area contributed by atoms with Crippen LogP contribution in [0.25, 0.3) is 0 Å². The number of fused-ring (bicyclic) bond motifs is 1. The number of aromatic nitrogens is 2. The van der Waals surface area contributed by atoms with E-state index in [1.54, 1.807) is 6.33 Å². The van der Waals surface area contributed by atoms with Gasteiger partial charge in [0.15, 0.2) is 0 Å². The summed E-state index contributed by atoms with van der Waals surface area (Å²) in [4.78, 5) is 7.46. The second-order valence-electron chi connectivity index (χ2n) is 4.56. The summed E-state index contributed by atoms with van der Waals surface area (Å²) in [7, 11) is 0. The number of anilines is 1. The van der Waals surface area contributed by atoms with Gasteiger partial charge in [-0.05, 0) is 31.1 Å². The van der Waals surface area contributed by atoms with Gasteiger partial charge in [-0.1, -0.05) is 15.9 Å². The normalized spacial score (nSPS) is 35.5. The average Bonchev–Trinajstić information content (AvgIpc) is 2.84. The first-order chi connectivity index (χ1) is 7.33. The highest BCUT2D eigenvalue weighted by Gasteiger charge is 2.37. The van der Waals surface area contributed by atoms with Gasteiger partial charge in [-0.25, -0.2) is 4.98 Å². The maximum Gasteiger partial charge on any atom is 0.204 e. The Labute approximate surface area is 102 Å². The van der Waals surface area contributed by atoms with Crippen LogP contribution in [-0.2, 0) is 0 Å².